The largest absolute Gasteiger partial charge is 0.372 e. The third-order valence-electron chi connectivity index (χ3n) is 2.68. The molecule has 4 N–H and O–H groups in total. The Morgan fingerprint density at radius 2 is 2.00 bits per heavy atom. The average Bonchev–Trinajstić information content (AvgIpc) is 2.34. The van der Waals surface area contributed by atoms with Crippen LogP contribution in [0.2, 0.25) is 0 Å². The molecule has 0 spiro atoms. The quantitative estimate of drug-likeness (QED) is 0.746. The minimum absolute atomic E-state index is 0.0884. The first-order valence-corrected chi connectivity index (χ1v) is 5.79. The number of ether oxygens (including phenoxy) is 1. The topological polar surface area (TPSA) is 78.3 Å². The number of primary amides is 1. The Morgan fingerprint density at radius 3 is 2.59 bits per heavy atom. The number of carbonyl (C=O) groups excluding carboxylic acids is 1. The number of hydrogen-bond donors (Lipinski definition) is 2. The molecular formula is C13H20N2O2. The Balaban J connectivity index is 2.29. The van der Waals surface area contributed by atoms with Crippen LogP contribution in [0.1, 0.15) is 25.3 Å². The van der Waals surface area contributed by atoms with Crippen molar-refractivity contribution in [2.24, 2.45) is 11.5 Å². The van der Waals surface area contributed by atoms with Crippen LogP contribution in [-0.2, 0) is 16.1 Å². The Kier molecular flexibility index (Phi) is 5.66. The van der Waals surface area contributed by atoms with Crippen molar-refractivity contribution < 1.29 is 9.53 Å². The van der Waals surface area contributed by atoms with Crippen LogP contribution in [0, 0.1) is 0 Å². The fraction of sp³-hybridized carbons (Fsp3) is 0.462. The number of rotatable bonds is 7. The fourth-order valence-corrected chi connectivity index (χ4v) is 1.47. The first-order chi connectivity index (χ1) is 8.09. The number of hydrogen-bond acceptors (Lipinski definition) is 3. The van der Waals surface area contributed by atoms with E-state index in [1.165, 1.54) is 0 Å². The van der Waals surface area contributed by atoms with Crippen LogP contribution < -0.4 is 11.5 Å². The van der Waals surface area contributed by atoms with Gasteiger partial charge in [0, 0.05) is 12.5 Å². The molecule has 1 amide bonds. The highest BCUT2D eigenvalue weighted by molar-refractivity contribution is 5.73. The maximum absolute atomic E-state index is 10.6. The highest BCUT2D eigenvalue weighted by Crippen LogP contribution is 2.07. The molecule has 2 atom stereocenters. The van der Waals surface area contributed by atoms with Crippen molar-refractivity contribution in [2.45, 2.75) is 38.5 Å². The van der Waals surface area contributed by atoms with E-state index in [1.807, 2.05) is 37.3 Å². The predicted octanol–water partition coefficient (Wildman–Crippen LogP) is 1.18. The van der Waals surface area contributed by atoms with E-state index in [0.717, 1.165) is 5.56 Å². The first-order valence-electron chi connectivity index (χ1n) is 5.79. The molecule has 0 saturated carbocycles. The standard InChI is InChI=1S/C13H20N2O2/c1-10(12(14)7-8-13(15)16)17-9-11-5-3-2-4-6-11/h2-6,10,12H,7-9,14H2,1H3,(H2,15,16)/t10-,12?/m1/s1. The summed E-state index contributed by atoms with van der Waals surface area (Å²) in [6.07, 6.45) is 0.778. The van der Waals surface area contributed by atoms with Crippen molar-refractivity contribution in [2.75, 3.05) is 0 Å². The van der Waals surface area contributed by atoms with Gasteiger partial charge in [-0.3, -0.25) is 4.79 Å². The molecule has 1 aromatic rings. The average molecular weight is 236 g/mol. The van der Waals surface area contributed by atoms with Gasteiger partial charge in [-0.15, -0.1) is 0 Å². The molecule has 94 valence electrons. The first kappa shape index (κ1) is 13.7. The van der Waals surface area contributed by atoms with E-state index >= 15 is 0 Å². The van der Waals surface area contributed by atoms with E-state index in [-0.39, 0.29) is 18.1 Å². The predicted molar refractivity (Wildman–Crippen MR) is 67.1 cm³/mol. The molecule has 0 radical (unpaired) electrons. The van der Waals surface area contributed by atoms with Crippen LogP contribution in [0.25, 0.3) is 0 Å². The summed E-state index contributed by atoms with van der Waals surface area (Å²) in [7, 11) is 0. The molecule has 0 aliphatic heterocycles. The van der Waals surface area contributed by atoms with Crippen molar-refractivity contribution in [1.29, 1.82) is 0 Å². The van der Waals surface area contributed by atoms with Gasteiger partial charge >= 0.3 is 0 Å². The van der Waals surface area contributed by atoms with Gasteiger partial charge in [0.25, 0.3) is 0 Å². The normalized spacial score (nSPS) is 14.2. The molecule has 0 aliphatic carbocycles. The Hall–Kier alpha value is -1.39. The molecular weight excluding hydrogens is 216 g/mol. The second-order valence-corrected chi connectivity index (χ2v) is 4.17. The van der Waals surface area contributed by atoms with Crippen LogP contribution in [0.5, 0.6) is 0 Å². The van der Waals surface area contributed by atoms with E-state index in [1.54, 1.807) is 0 Å². The lowest BCUT2D eigenvalue weighted by Crippen LogP contribution is -2.35. The molecule has 1 aromatic carbocycles. The Morgan fingerprint density at radius 1 is 1.35 bits per heavy atom. The van der Waals surface area contributed by atoms with Gasteiger partial charge in [-0.05, 0) is 18.9 Å². The van der Waals surface area contributed by atoms with E-state index in [0.29, 0.717) is 19.4 Å². The van der Waals surface area contributed by atoms with Gasteiger partial charge in [0.1, 0.15) is 0 Å². The van der Waals surface area contributed by atoms with Gasteiger partial charge < -0.3 is 16.2 Å². The van der Waals surface area contributed by atoms with Gasteiger partial charge in [-0.25, -0.2) is 0 Å². The lowest BCUT2D eigenvalue weighted by molar-refractivity contribution is -0.118. The summed E-state index contributed by atoms with van der Waals surface area (Å²) in [6, 6.07) is 9.74. The summed E-state index contributed by atoms with van der Waals surface area (Å²) in [4.78, 5) is 10.6. The molecule has 0 fully saturated rings. The van der Waals surface area contributed by atoms with Gasteiger partial charge in [0.2, 0.25) is 5.91 Å². The number of benzene rings is 1. The van der Waals surface area contributed by atoms with Crippen molar-refractivity contribution in [3.05, 3.63) is 35.9 Å². The Bertz CT molecular complexity index is 341. The molecule has 0 aliphatic rings. The van der Waals surface area contributed by atoms with Gasteiger partial charge in [0.15, 0.2) is 0 Å². The van der Waals surface area contributed by atoms with Gasteiger partial charge in [-0.1, -0.05) is 30.3 Å². The van der Waals surface area contributed by atoms with Crippen molar-refractivity contribution in [3.63, 3.8) is 0 Å². The van der Waals surface area contributed by atoms with Crippen molar-refractivity contribution in [1.82, 2.24) is 0 Å². The summed E-state index contributed by atoms with van der Waals surface area (Å²) < 4.78 is 5.64. The minimum Gasteiger partial charge on any atom is -0.372 e. The molecule has 4 heteroatoms. The molecule has 0 heterocycles. The van der Waals surface area contributed by atoms with Crippen LogP contribution in [0.4, 0.5) is 0 Å². The van der Waals surface area contributed by atoms with Crippen LogP contribution >= 0.6 is 0 Å². The number of nitrogens with two attached hydrogens (primary N) is 2. The molecule has 17 heavy (non-hydrogen) atoms. The number of amides is 1. The third-order valence-corrected chi connectivity index (χ3v) is 2.68. The fourth-order valence-electron chi connectivity index (χ4n) is 1.47. The summed E-state index contributed by atoms with van der Waals surface area (Å²) in [5.74, 6) is -0.323. The lowest BCUT2D eigenvalue weighted by atomic mass is 10.1. The summed E-state index contributed by atoms with van der Waals surface area (Å²) in [5, 5.41) is 0. The van der Waals surface area contributed by atoms with Crippen LogP contribution in [-0.4, -0.2) is 18.1 Å². The minimum atomic E-state index is -0.323. The molecule has 4 nitrogen and oxygen atoms in total. The molecule has 0 bridgehead atoms. The zero-order valence-electron chi connectivity index (χ0n) is 10.1. The molecule has 1 rings (SSSR count). The Labute approximate surface area is 102 Å². The van der Waals surface area contributed by atoms with Crippen LogP contribution in [0.3, 0.4) is 0 Å². The van der Waals surface area contributed by atoms with Crippen LogP contribution in [0.15, 0.2) is 30.3 Å². The second-order valence-electron chi connectivity index (χ2n) is 4.17. The number of carbonyl (C=O) groups is 1. The van der Waals surface area contributed by atoms with Crippen molar-refractivity contribution in [3.8, 4) is 0 Å². The summed E-state index contributed by atoms with van der Waals surface area (Å²) in [6.45, 7) is 2.45. The molecule has 0 saturated heterocycles. The van der Waals surface area contributed by atoms with E-state index in [2.05, 4.69) is 0 Å². The van der Waals surface area contributed by atoms with Gasteiger partial charge in [-0.2, -0.15) is 0 Å². The molecule has 0 aromatic heterocycles. The lowest BCUT2D eigenvalue weighted by Gasteiger charge is -2.20. The highest BCUT2D eigenvalue weighted by atomic mass is 16.5. The van der Waals surface area contributed by atoms with E-state index < -0.39 is 0 Å². The third kappa shape index (κ3) is 5.47. The summed E-state index contributed by atoms with van der Waals surface area (Å²) in [5.41, 5.74) is 12.1. The van der Waals surface area contributed by atoms with Gasteiger partial charge in [0.05, 0.1) is 12.7 Å². The monoisotopic (exact) mass is 236 g/mol. The van der Waals surface area contributed by atoms with E-state index in [9.17, 15) is 4.79 Å². The smallest absolute Gasteiger partial charge is 0.217 e. The second kappa shape index (κ2) is 7.04. The molecule has 1 unspecified atom stereocenters. The zero-order chi connectivity index (χ0) is 12.7. The van der Waals surface area contributed by atoms with E-state index in [4.69, 9.17) is 16.2 Å². The summed E-state index contributed by atoms with van der Waals surface area (Å²) >= 11 is 0. The van der Waals surface area contributed by atoms with Crippen molar-refractivity contribution >= 4 is 5.91 Å². The SMILES string of the molecule is C[C@@H](OCc1ccccc1)C(N)CCC(N)=O. The highest BCUT2D eigenvalue weighted by Gasteiger charge is 2.14. The maximum Gasteiger partial charge on any atom is 0.217 e. The maximum atomic E-state index is 10.6. The zero-order valence-corrected chi connectivity index (χ0v) is 10.1.